The lowest BCUT2D eigenvalue weighted by Gasteiger charge is -2.05. The second-order valence-corrected chi connectivity index (χ2v) is 3.48. The molecule has 0 bridgehead atoms. The molecule has 4 nitrogen and oxygen atoms in total. The highest BCUT2D eigenvalue weighted by atomic mass is 16.5. The summed E-state index contributed by atoms with van der Waals surface area (Å²) in [6.07, 6.45) is 0. The van der Waals surface area contributed by atoms with Crippen LogP contribution < -0.4 is 15.7 Å². The van der Waals surface area contributed by atoms with Gasteiger partial charge >= 0.3 is 5.63 Å². The minimum Gasteiger partial charge on any atom is -0.497 e. The van der Waals surface area contributed by atoms with Crippen LogP contribution in [0.25, 0.3) is 11.0 Å². The number of rotatable bonds is 3. The molecule has 0 unspecified atom stereocenters. The average Bonchev–Trinajstić information content (AvgIpc) is 2.50. The van der Waals surface area contributed by atoms with E-state index < -0.39 is 0 Å². The van der Waals surface area contributed by atoms with Gasteiger partial charge in [-0.25, -0.2) is 4.79 Å². The summed E-state index contributed by atoms with van der Waals surface area (Å²) in [5.41, 5.74) is 1.14. The Kier molecular flexibility index (Phi) is 9.13. The lowest BCUT2D eigenvalue weighted by molar-refractivity contribution is 0.414. The second-order valence-electron chi connectivity index (χ2n) is 3.48. The van der Waals surface area contributed by atoms with Crippen molar-refractivity contribution in [2.45, 2.75) is 34.2 Å². The number of benzene rings is 1. The zero-order valence-electron chi connectivity index (χ0n) is 13.2. The van der Waals surface area contributed by atoms with Gasteiger partial charge in [-0.2, -0.15) is 0 Å². The lowest BCUT2D eigenvalue weighted by Crippen LogP contribution is -2.09. The minimum absolute atomic E-state index is 0.342. The summed E-state index contributed by atoms with van der Waals surface area (Å²) in [6, 6.07) is 6.96. The van der Waals surface area contributed by atoms with Gasteiger partial charge < -0.3 is 14.5 Å². The van der Waals surface area contributed by atoms with Crippen molar-refractivity contribution in [2.75, 3.05) is 14.2 Å². The number of fused-ring (bicyclic) bond motifs is 1. The molecule has 4 heteroatoms. The van der Waals surface area contributed by atoms with Crippen LogP contribution in [0.4, 0.5) is 0 Å². The summed E-state index contributed by atoms with van der Waals surface area (Å²) in [4.78, 5) is 11.3. The first-order chi connectivity index (χ1) is 9.74. The molecule has 20 heavy (non-hydrogen) atoms. The first kappa shape index (κ1) is 18.2. The van der Waals surface area contributed by atoms with Gasteiger partial charge in [0.25, 0.3) is 0 Å². The zero-order chi connectivity index (χ0) is 15.5. The molecule has 0 atom stereocenters. The first-order valence-electron chi connectivity index (χ1n) is 7.00. The summed E-state index contributed by atoms with van der Waals surface area (Å²) in [7, 11) is 3.42. The largest absolute Gasteiger partial charge is 0.497 e. The fourth-order valence-electron chi connectivity index (χ4n) is 1.67. The van der Waals surface area contributed by atoms with E-state index in [4.69, 9.17) is 9.15 Å². The highest BCUT2D eigenvalue weighted by Crippen LogP contribution is 2.22. The summed E-state index contributed by atoms with van der Waals surface area (Å²) in [6.45, 7) is 8.63. The molecule has 2 aromatic rings. The summed E-state index contributed by atoms with van der Waals surface area (Å²) in [5.74, 6) is 0.678. The third-order valence-corrected chi connectivity index (χ3v) is 2.40. The molecule has 0 aliphatic carbocycles. The van der Waals surface area contributed by atoms with Crippen molar-refractivity contribution in [1.82, 2.24) is 5.32 Å². The van der Waals surface area contributed by atoms with E-state index in [1.54, 1.807) is 13.2 Å². The van der Waals surface area contributed by atoms with E-state index in [2.05, 4.69) is 5.32 Å². The fraction of sp³-hybridized carbons (Fsp3) is 0.438. The van der Waals surface area contributed by atoms with Gasteiger partial charge in [-0.1, -0.05) is 27.7 Å². The normalized spacial score (nSPS) is 9.10. The smallest absolute Gasteiger partial charge is 0.336 e. The van der Waals surface area contributed by atoms with Crippen LogP contribution in [0.2, 0.25) is 0 Å². The number of methoxy groups -OCH3 is 1. The molecule has 0 aliphatic heterocycles. The van der Waals surface area contributed by atoms with Crippen LogP contribution in [0, 0.1) is 0 Å². The molecule has 0 saturated carbocycles. The predicted octanol–water partition coefficient (Wildman–Crippen LogP) is 3.57. The maximum absolute atomic E-state index is 11.3. The summed E-state index contributed by atoms with van der Waals surface area (Å²) in [5, 5.41) is 3.95. The van der Waals surface area contributed by atoms with Gasteiger partial charge in [0.2, 0.25) is 0 Å². The van der Waals surface area contributed by atoms with Crippen molar-refractivity contribution in [3.63, 3.8) is 0 Å². The SMILES string of the molecule is CC.CC.CNCc1cc(=O)oc2cc(OC)ccc12. The molecule has 112 valence electrons. The van der Waals surface area contributed by atoms with Gasteiger partial charge in [-0.3, -0.25) is 0 Å². The van der Waals surface area contributed by atoms with Gasteiger partial charge in [0.15, 0.2) is 0 Å². The Morgan fingerprint density at radius 1 is 1.15 bits per heavy atom. The van der Waals surface area contributed by atoms with Crippen molar-refractivity contribution in [1.29, 1.82) is 0 Å². The van der Waals surface area contributed by atoms with E-state index in [0.29, 0.717) is 17.9 Å². The van der Waals surface area contributed by atoms with Crippen LogP contribution in [0.15, 0.2) is 33.5 Å². The molecule has 1 aromatic carbocycles. The molecular formula is C16H25NO3. The number of nitrogens with one attached hydrogen (secondary N) is 1. The highest BCUT2D eigenvalue weighted by molar-refractivity contribution is 5.81. The third kappa shape index (κ3) is 4.70. The molecular weight excluding hydrogens is 254 g/mol. The Balaban J connectivity index is 0.000000829. The molecule has 1 N–H and O–H groups in total. The van der Waals surface area contributed by atoms with Gasteiger partial charge in [-0.05, 0) is 24.7 Å². The first-order valence-corrected chi connectivity index (χ1v) is 7.00. The van der Waals surface area contributed by atoms with Gasteiger partial charge in [-0.15, -0.1) is 0 Å². The number of ether oxygens (including phenoxy) is 1. The average molecular weight is 279 g/mol. The van der Waals surface area contributed by atoms with Crippen molar-refractivity contribution in [3.05, 3.63) is 40.2 Å². The lowest BCUT2D eigenvalue weighted by atomic mass is 10.1. The van der Waals surface area contributed by atoms with Crippen LogP contribution in [-0.4, -0.2) is 14.2 Å². The molecule has 0 aliphatic rings. The van der Waals surface area contributed by atoms with E-state index in [1.165, 1.54) is 6.07 Å². The quantitative estimate of drug-likeness (QED) is 0.873. The van der Waals surface area contributed by atoms with E-state index in [0.717, 1.165) is 10.9 Å². The molecule has 0 amide bonds. The van der Waals surface area contributed by atoms with Crippen LogP contribution in [0.5, 0.6) is 5.75 Å². The van der Waals surface area contributed by atoms with Gasteiger partial charge in [0.1, 0.15) is 11.3 Å². The van der Waals surface area contributed by atoms with E-state index >= 15 is 0 Å². The van der Waals surface area contributed by atoms with Gasteiger partial charge in [0, 0.05) is 24.1 Å². The maximum atomic E-state index is 11.3. The van der Waals surface area contributed by atoms with Crippen LogP contribution in [0.3, 0.4) is 0 Å². The van der Waals surface area contributed by atoms with Crippen LogP contribution in [-0.2, 0) is 6.54 Å². The molecule has 1 heterocycles. The van der Waals surface area contributed by atoms with Crippen molar-refractivity contribution in [3.8, 4) is 5.75 Å². The monoisotopic (exact) mass is 279 g/mol. The predicted molar refractivity (Wildman–Crippen MR) is 84.5 cm³/mol. The molecule has 0 spiro atoms. The van der Waals surface area contributed by atoms with Crippen LogP contribution >= 0.6 is 0 Å². The number of hydrogen-bond donors (Lipinski definition) is 1. The van der Waals surface area contributed by atoms with Gasteiger partial charge in [0.05, 0.1) is 7.11 Å². The van der Waals surface area contributed by atoms with Crippen molar-refractivity contribution >= 4 is 11.0 Å². The standard InChI is InChI=1S/C12H13NO3.2C2H6/c1-13-7-8-5-12(14)16-11-6-9(15-2)3-4-10(8)11;2*1-2/h3-6,13H,7H2,1-2H3;2*1-2H3. The van der Waals surface area contributed by atoms with Crippen LogP contribution in [0.1, 0.15) is 33.3 Å². The minimum atomic E-state index is -0.342. The summed E-state index contributed by atoms with van der Waals surface area (Å²) >= 11 is 0. The second kappa shape index (κ2) is 10.0. The third-order valence-electron chi connectivity index (χ3n) is 2.40. The maximum Gasteiger partial charge on any atom is 0.336 e. The Hall–Kier alpha value is -1.81. The van der Waals surface area contributed by atoms with E-state index in [-0.39, 0.29) is 5.63 Å². The molecule has 2 rings (SSSR count). The molecule has 1 aromatic heterocycles. The van der Waals surface area contributed by atoms with Crippen molar-refractivity contribution < 1.29 is 9.15 Å². The Bertz CT molecular complexity index is 561. The van der Waals surface area contributed by atoms with E-state index in [9.17, 15) is 4.79 Å². The molecule has 0 fully saturated rings. The number of hydrogen-bond acceptors (Lipinski definition) is 4. The van der Waals surface area contributed by atoms with E-state index in [1.807, 2.05) is 46.9 Å². The Labute approximate surface area is 120 Å². The Morgan fingerprint density at radius 2 is 1.80 bits per heavy atom. The molecule has 0 saturated heterocycles. The topological polar surface area (TPSA) is 51.5 Å². The Morgan fingerprint density at radius 3 is 2.35 bits per heavy atom. The summed E-state index contributed by atoms with van der Waals surface area (Å²) < 4.78 is 10.2. The highest BCUT2D eigenvalue weighted by Gasteiger charge is 2.05. The zero-order valence-corrected chi connectivity index (χ0v) is 13.2. The van der Waals surface area contributed by atoms with Crippen molar-refractivity contribution in [2.24, 2.45) is 0 Å². The molecule has 0 radical (unpaired) electrons. The fourth-order valence-corrected chi connectivity index (χ4v) is 1.67.